The Morgan fingerprint density at radius 3 is 2.50 bits per heavy atom. The van der Waals surface area contributed by atoms with Crippen LogP contribution in [-0.4, -0.2) is 48.3 Å². The predicted molar refractivity (Wildman–Crippen MR) is 82.7 cm³/mol. The van der Waals surface area contributed by atoms with Crippen molar-refractivity contribution in [3.63, 3.8) is 0 Å². The van der Waals surface area contributed by atoms with E-state index in [1.165, 1.54) is 58.2 Å². The summed E-state index contributed by atoms with van der Waals surface area (Å²) >= 11 is 0. The molecule has 0 amide bonds. The molecule has 3 heteroatoms. The second-order valence-electron chi connectivity index (χ2n) is 7.65. The first kappa shape index (κ1) is 14.8. The van der Waals surface area contributed by atoms with Gasteiger partial charge < -0.3 is 15.3 Å². The van der Waals surface area contributed by atoms with E-state index in [9.17, 15) is 5.11 Å². The third kappa shape index (κ3) is 4.19. The summed E-state index contributed by atoms with van der Waals surface area (Å²) in [5, 5.41) is 13.8. The highest BCUT2D eigenvalue weighted by Crippen LogP contribution is 2.30. The van der Waals surface area contributed by atoms with Gasteiger partial charge in [-0.2, -0.15) is 0 Å². The van der Waals surface area contributed by atoms with Crippen molar-refractivity contribution < 1.29 is 5.11 Å². The van der Waals surface area contributed by atoms with E-state index in [1.54, 1.807) is 0 Å². The fraction of sp³-hybridized carbons (Fsp3) is 1.00. The monoisotopic (exact) mass is 280 g/mol. The molecule has 3 atom stereocenters. The maximum absolute atomic E-state index is 10.0. The molecule has 0 bridgehead atoms. The Balaban J connectivity index is 1.51. The van der Waals surface area contributed by atoms with Crippen LogP contribution in [0.4, 0.5) is 0 Å². The van der Waals surface area contributed by atoms with Gasteiger partial charge in [0.15, 0.2) is 0 Å². The molecule has 0 spiro atoms. The topological polar surface area (TPSA) is 35.5 Å². The Morgan fingerprint density at radius 1 is 1.10 bits per heavy atom. The standard InChI is InChI=1S/C17H32N2O/c1-13(20)16-8-17(18-9-14-6-7-14)12-19(11-16)10-15-4-2-3-5-15/h13-18,20H,2-12H2,1H3. The van der Waals surface area contributed by atoms with Crippen molar-refractivity contribution in [1.29, 1.82) is 0 Å². The smallest absolute Gasteiger partial charge is 0.0553 e. The minimum Gasteiger partial charge on any atom is -0.393 e. The molecule has 2 N–H and O–H groups in total. The number of aliphatic hydroxyl groups excluding tert-OH is 1. The number of nitrogens with zero attached hydrogens (tertiary/aromatic N) is 1. The number of nitrogens with one attached hydrogen (secondary N) is 1. The quantitative estimate of drug-likeness (QED) is 0.783. The van der Waals surface area contributed by atoms with Crippen LogP contribution in [0.3, 0.4) is 0 Å². The third-order valence-corrected chi connectivity index (χ3v) is 5.62. The molecule has 0 aromatic rings. The highest BCUT2D eigenvalue weighted by atomic mass is 16.3. The van der Waals surface area contributed by atoms with Crippen molar-refractivity contribution in [2.24, 2.45) is 17.8 Å². The molecule has 3 unspecified atom stereocenters. The van der Waals surface area contributed by atoms with Crippen molar-refractivity contribution in [2.75, 3.05) is 26.2 Å². The van der Waals surface area contributed by atoms with Crippen LogP contribution in [0.1, 0.15) is 51.9 Å². The van der Waals surface area contributed by atoms with E-state index in [2.05, 4.69) is 10.2 Å². The van der Waals surface area contributed by atoms with Gasteiger partial charge in [0, 0.05) is 25.7 Å². The third-order valence-electron chi connectivity index (χ3n) is 5.62. The molecular formula is C17H32N2O. The minimum atomic E-state index is -0.161. The molecule has 0 aromatic carbocycles. The average Bonchev–Trinajstić information content (AvgIpc) is 3.13. The average molecular weight is 280 g/mol. The van der Waals surface area contributed by atoms with Crippen molar-refractivity contribution in [1.82, 2.24) is 10.2 Å². The lowest BCUT2D eigenvalue weighted by Crippen LogP contribution is -2.52. The van der Waals surface area contributed by atoms with Gasteiger partial charge in [-0.05, 0) is 63.3 Å². The second-order valence-corrected chi connectivity index (χ2v) is 7.65. The zero-order valence-corrected chi connectivity index (χ0v) is 13.1. The first-order chi connectivity index (χ1) is 9.70. The molecule has 2 aliphatic carbocycles. The van der Waals surface area contributed by atoms with Crippen LogP contribution in [0.5, 0.6) is 0 Å². The number of hydrogen-bond donors (Lipinski definition) is 2. The van der Waals surface area contributed by atoms with Crippen LogP contribution in [0.2, 0.25) is 0 Å². The van der Waals surface area contributed by atoms with Gasteiger partial charge >= 0.3 is 0 Å². The van der Waals surface area contributed by atoms with E-state index in [-0.39, 0.29) is 6.10 Å². The second kappa shape index (κ2) is 6.76. The molecule has 1 aliphatic heterocycles. The Labute approximate surface area is 124 Å². The first-order valence-corrected chi connectivity index (χ1v) is 8.84. The number of rotatable bonds is 6. The molecule has 0 radical (unpaired) electrons. The van der Waals surface area contributed by atoms with Gasteiger partial charge in [0.05, 0.1) is 6.10 Å². The van der Waals surface area contributed by atoms with E-state index in [4.69, 9.17) is 0 Å². The van der Waals surface area contributed by atoms with Crippen molar-refractivity contribution in [3.05, 3.63) is 0 Å². The highest BCUT2D eigenvalue weighted by molar-refractivity contribution is 4.88. The molecule has 3 fully saturated rings. The molecule has 3 nitrogen and oxygen atoms in total. The largest absolute Gasteiger partial charge is 0.393 e. The number of likely N-dealkylation sites (tertiary alicyclic amines) is 1. The van der Waals surface area contributed by atoms with E-state index < -0.39 is 0 Å². The van der Waals surface area contributed by atoms with Gasteiger partial charge in [-0.1, -0.05) is 12.8 Å². The Hall–Kier alpha value is -0.120. The highest BCUT2D eigenvalue weighted by Gasteiger charge is 2.32. The van der Waals surface area contributed by atoms with Crippen LogP contribution in [0, 0.1) is 17.8 Å². The summed E-state index contributed by atoms with van der Waals surface area (Å²) in [6.07, 6.45) is 9.56. The zero-order chi connectivity index (χ0) is 13.9. The molecule has 20 heavy (non-hydrogen) atoms. The summed E-state index contributed by atoms with van der Waals surface area (Å²) in [7, 11) is 0. The molecule has 3 aliphatic rings. The lowest BCUT2D eigenvalue weighted by Gasteiger charge is -2.40. The van der Waals surface area contributed by atoms with Gasteiger partial charge in [0.25, 0.3) is 0 Å². The molecule has 2 saturated carbocycles. The van der Waals surface area contributed by atoms with Gasteiger partial charge in [-0.15, -0.1) is 0 Å². The molecule has 3 rings (SSSR count). The number of aliphatic hydroxyl groups is 1. The summed E-state index contributed by atoms with van der Waals surface area (Å²) in [5.41, 5.74) is 0. The molecular weight excluding hydrogens is 248 g/mol. The SMILES string of the molecule is CC(O)C1CC(NCC2CC2)CN(CC2CCCC2)C1. The van der Waals surface area contributed by atoms with E-state index >= 15 is 0 Å². The van der Waals surface area contributed by atoms with Crippen molar-refractivity contribution in [3.8, 4) is 0 Å². The maximum atomic E-state index is 10.0. The fourth-order valence-corrected chi connectivity index (χ4v) is 4.09. The van der Waals surface area contributed by atoms with Crippen molar-refractivity contribution in [2.45, 2.75) is 64.0 Å². The van der Waals surface area contributed by atoms with Crippen LogP contribution in [0.15, 0.2) is 0 Å². The fourth-order valence-electron chi connectivity index (χ4n) is 4.09. The van der Waals surface area contributed by atoms with E-state index in [0.29, 0.717) is 12.0 Å². The van der Waals surface area contributed by atoms with Gasteiger partial charge in [-0.3, -0.25) is 0 Å². The predicted octanol–water partition coefficient (Wildman–Crippen LogP) is 2.25. The number of piperidine rings is 1. The number of hydrogen-bond acceptors (Lipinski definition) is 3. The van der Waals surface area contributed by atoms with Gasteiger partial charge in [0.1, 0.15) is 0 Å². The van der Waals surface area contributed by atoms with Gasteiger partial charge in [-0.25, -0.2) is 0 Å². The summed E-state index contributed by atoms with van der Waals surface area (Å²) in [5.74, 6) is 2.33. The van der Waals surface area contributed by atoms with Gasteiger partial charge in [0.2, 0.25) is 0 Å². The molecule has 116 valence electrons. The van der Waals surface area contributed by atoms with Crippen LogP contribution < -0.4 is 5.32 Å². The summed E-state index contributed by atoms with van der Waals surface area (Å²) in [6, 6.07) is 0.602. The molecule has 0 aromatic heterocycles. The lowest BCUT2D eigenvalue weighted by atomic mass is 9.89. The molecule has 1 saturated heterocycles. The van der Waals surface area contributed by atoms with E-state index in [1.807, 2.05) is 6.92 Å². The summed E-state index contributed by atoms with van der Waals surface area (Å²) < 4.78 is 0. The normalized spacial score (nSPS) is 34.5. The Bertz CT molecular complexity index is 295. The molecule has 1 heterocycles. The Kier molecular flexibility index (Phi) is 5.00. The maximum Gasteiger partial charge on any atom is 0.0553 e. The van der Waals surface area contributed by atoms with Crippen molar-refractivity contribution >= 4 is 0 Å². The first-order valence-electron chi connectivity index (χ1n) is 8.84. The van der Waals surface area contributed by atoms with E-state index in [0.717, 1.165) is 24.8 Å². The zero-order valence-electron chi connectivity index (χ0n) is 13.1. The van der Waals surface area contributed by atoms with Crippen LogP contribution in [-0.2, 0) is 0 Å². The van der Waals surface area contributed by atoms with Crippen LogP contribution in [0.25, 0.3) is 0 Å². The minimum absolute atomic E-state index is 0.161. The summed E-state index contributed by atoms with van der Waals surface area (Å²) in [4.78, 5) is 2.64. The lowest BCUT2D eigenvalue weighted by molar-refractivity contribution is 0.0418. The van der Waals surface area contributed by atoms with Crippen LogP contribution >= 0.6 is 0 Å². The Morgan fingerprint density at radius 2 is 1.85 bits per heavy atom. The summed E-state index contributed by atoms with van der Waals surface area (Å²) in [6.45, 7) is 6.75.